The van der Waals surface area contributed by atoms with Crippen LogP contribution in [0.25, 0.3) is 5.65 Å². The van der Waals surface area contributed by atoms with Gasteiger partial charge in [-0.15, -0.1) is 11.6 Å². The lowest BCUT2D eigenvalue weighted by atomic mass is 10.1. The average molecular weight is 277 g/mol. The van der Waals surface area contributed by atoms with Gasteiger partial charge >= 0.3 is 6.18 Å². The zero-order valence-corrected chi connectivity index (χ0v) is 10.7. The summed E-state index contributed by atoms with van der Waals surface area (Å²) < 4.78 is 40.1. The Hall–Kier alpha value is -1.23. The maximum Gasteiger partial charge on any atom is 0.419 e. The minimum atomic E-state index is -4.41. The minimum absolute atomic E-state index is 0.0275. The summed E-state index contributed by atoms with van der Waals surface area (Å²) in [4.78, 5) is 4.11. The summed E-state index contributed by atoms with van der Waals surface area (Å²) in [5.74, 6) is 0.162. The number of halogens is 4. The molecule has 6 heteroatoms. The van der Waals surface area contributed by atoms with Crippen molar-refractivity contribution >= 4 is 17.2 Å². The number of fused-ring (bicyclic) bond motifs is 1. The number of imidazole rings is 1. The molecule has 0 aliphatic carbocycles. The number of hydrogen-bond acceptors (Lipinski definition) is 1. The lowest BCUT2D eigenvalue weighted by Gasteiger charge is -2.07. The molecular formula is C12H12ClF3N2. The lowest BCUT2D eigenvalue weighted by molar-refractivity contribution is -0.136. The van der Waals surface area contributed by atoms with E-state index in [1.807, 2.05) is 13.8 Å². The molecule has 0 N–H and O–H groups in total. The third-order valence-electron chi connectivity index (χ3n) is 2.76. The molecule has 0 aliphatic heterocycles. The maximum absolute atomic E-state index is 12.9. The van der Waals surface area contributed by atoms with Gasteiger partial charge in [0.25, 0.3) is 0 Å². The van der Waals surface area contributed by atoms with E-state index in [1.54, 1.807) is 6.20 Å². The molecule has 2 nitrogen and oxygen atoms in total. The second-order valence-electron chi connectivity index (χ2n) is 4.35. The molecule has 2 aromatic heterocycles. The molecule has 0 aromatic carbocycles. The van der Waals surface area contributed by atoms with Crippen LogP contribution in [0.1, 0.15) is 36.7 Å². The summed E-state index contributed by atoms with van der Waals surface area (Å²) in [6.07, 6.45) is -2.85. The van der Waals surface area contributed by atoms with Gasteiger partial charge in [0.05, 0.1) is 22.8 Å². The van der Waals surface area contributed by atoms with E-state index in [2.05, 4.69) is 4.98 Å². The monoisotopic (exact) mass is 276 g/mol. The number of rotatable bonds is 2. The van der Waals surface area contributed by atoms with Gasteiger partial charge in [-0.3, -0.25) is 0 Å². The molecule has 0 fully saturated rings. The second-order valence-corrected chi connectivity index (χ2v) is 4.61. The van der Waals surface area contributed by atoms with Crippen molar-refractivity contribution in [2.24, 2.45) is 0 Å². The van der Waals surface area contributed by atoms with E-state index < -0.39 is 11.7 Å². The Morgan fingerprint density at radius 3 is 2.56 bits per heavy atom. The molecule has 2 rings (SSSR count). The van der Waals surface area contributed by atoms with Crippen LogP contribution in [0, 0.1) is 0 Å². The van der Waals surface area contributed by atoms with Crippen LogP contribution in [0.15, 0.2) is 18.3 Å². The van der Waals surface area contributed by atoms with Crippen LogP contribution in [-0.4, -0.2) is 9.38 Å². The van der Waals surface area contributed by atoms with E-state index in [1.165, 1.54) is 10.5 Å². The highest BCUT2D eigenvalue weighted by Crippen LogP contribution is 2.34. The smallest absolute Gasteiger partial charge is 0.302 e. The molecule has 2 heterocycles. The van der Waals surface area contributed by atoms with E-state index in [0.717, 1.165) is 6.07 Å². The van der Waals surface area contributed by atoms with Gasteiger partial charge in [-0.1, -0.05) is 13.8 Å². The molecular weight excluding hydrogens is 265 g/mol. The molecule has 0 amide bonds. The number of alkyl halides is 4. The molecule has 0 unspecified atom stereocenters. The van der Waals surface area contributed by atoms with Crippen molar-refractivity contribution in [1.29, 1.82) is 0 Å². The van der Waals surface area contributed by atoms with Crippen molar-refractivity contribution in [3.05, 3.63) is 35.3 Å². The summed E-state index contributed by atoms with van der Waals surface area (Å²) >= 11 is 5.82. The van der Waals surface area contributed by atoms with Crippen molar-refractivity contribution in [3.8, 4) is 0 Å². The van der Waals surface area contributed by atoms with Crippen molar-refractivity contribution in [2.45, 2.75) is 31.8 Å². The summed E-state index contributed by atoms with van der Waals surface area (Å²) in [5, 5.41) is 0. The van der Waals surface area contributed by atoms with E-state index in [4.69, 9.17) is 11.6 Å². The van der Waals surface area contributed by atoms with Crippen molar-refractivity contribution < 1.29 is 13.2 Å². The van der Waals surface area contributed by atoms with Crippen LogP contribution in [-0.2, 0) is 12.1 Å². The number of aromatic nitrogens is 2. The molecule has 0 radical (unpaired) electrons. The van der Waals surface area contributed by atoms with Crippen LogP contribution in [0.5, 0.6) is 0 Å². The average Bonchev–Trinajstić information content (AvgIpc) is 2.65. The van der Waals surface area contributed by atoms with Crippen LogP contribution in [0.3, 0.4) is 0 Å². The van der Waals surface area contributed by atoms with E-state index >= 15 is 0 Å². The number of hydrogen-bond donors (Lipinski definition) is 0. The molecule has 0 bridgehead atoms. The predicted molar refractivity (Wildman–Crippen MR) is 63.8 cm³/mol. The SMILES string of the molecule is CC(C)c1nc2c(C(F)(F)F)cccn2c1CCl. The standard InChI is InChI=1S/C12H12ClF3N2/c1-7(2)10-9(6-13)18-5-3-4-8(11(18)17-10)12(14,15)16/h3-5,7H,6H2,1-2H3. The molecule has 0 aliphatic rings. The van der Waals surface area contributed by atoms with Gasteiger partial charge in [0.2, 0.25) is 0 Å². The van der Waals surface area contributed by atoms with Crippen molar-refractivity contribution in [2.75, 3.05) is 0 Å². The van der Waals surface area contributed by atoms with Gasteiger partial charge in [0.15, 0.2) is 0 Å². The first-order chi connectivity index (χ1) is 8.36. The Morgan fingerprint density at radius 2 is 2.06 bits per heavy atom. The fourth-order valence-corrected chi connectivity index (χ4v) is 2.22. The minimum Gasteiger partial charge on any atom is -0.302 e. The topological polar surface area (TPSA) is 17.3 Å². The highest BCUT2D eigenvalue weighted by molar-refractivity contribution is 6.17. The predicted octanol–water partition coefficient (Wildman–Crippen LogP) is 4.22. The molecule has 18 heavy (non-hydrogen) atoms. The zero-order chi connectivity index (χ0) is 13.5. The van der Waals surface area contributed by atoms with E-state index in [-0.39, 0.29) is 17.4 Å². The van der Waals surface area contributed by atoms with Gasteiger partial charge < -0.3 is 4.40 Å². The highest BCUT2D eigenvalue weighted by Gasteiger charge is 2.34. The third kappa shape index (κ3) is 2.07. The first-order valence-electron chi connectivity index (χ1n) is 5.49. The first kappa shape index (κ1) is 13.2. The quantitative estimate of drug-likeness (QED) is 0.751. The Labute approximate surface area is 107 Å². The zero-order valence-electron chi connectivity index (χ0n) is 9.92. The van der Waals surface area contributed by atoms with Gasteiger partial charge in [-0.2, -0.15) is 13.2 Å². The Kier molecular flexibility index (Phi) is 3.27. The normalized spacial score (nSPS) is 12.6. The third-order valence-corrected chi connectivity index (χ3v) is 3.01. The number of pyridine rings is 1. The molecule has 0 saturated heterocycles. The van der Waals surface area contributed by atoms with Crippen molar-refractivity contribution in [3.63, 3.8) is 0 Å². The molecule has 98 valence electrons. The van der Waals surface area contributed by atoms with Crippen LogP contribution in [0.2, 0.25) is 0 Å². The summed E-state index contributed by atoms with van der Waals surface area (Å²) in [6.45, 7) is 3.76. The Morgan fingerprint density at radius 1 is 1.39 bits per heavy atom. The van der Waals surface area contributed by atoms with Crippen LogP contribution >= 0.6 is 11.6 Å². The fourth-order valence-electron chi connectivity index (χ4n) is 1.95. The number of nitrogens with zero attached hydrogens (tertiary/aromatic N) is 2. The van der Waals surface area contributed by atoms with E-state index in [9.17, 15) is 13.2 Å². The lowest BCUT2D eigenvalue weighted by Crippen LogP contribution is -2.07. The summed E-state index contributed by atoms with van der Waals surface area (Å²) in [5.41, 5.74) is 0.419. The van der Waals surface area contributed by atoms with Crippen molar-refractivity contribution in [1.82, 2.24) is 9.38 Å². The van der Waals surface area contributed by atoms with Crippen LogP contribution in [0.4, 0.5) is 13.2 Å². The Bertz CT molecular complexity index is 572. The highest BCUT2D eigenvalue weighted by atomic mass is 35.5. The molecule has 0 saturated carbocycles. The summed E-state index contributed by atoms with van der Waals surface area (Å²) in [6, 6.07) is 2.39. The second kappa shape index (κ2) is 4.46. The fraction of sp³-hybridized carbons (Fsp3) is 0.417. The van der Waals surface area contributed by atoms with Crippen LogP contribution < -0.4 is 0 Å². The maximum atomic E-state index is 12.9. The van der Waals surface area contributed by atoms with Gasteiger partial charge in [0.1, 0.15) is 5.65 Å². The molecule has 2 aromatic rings. The van der Waals surface area contributed by atoms with Gasteiger partial charge in [-0.25, -0.2) is 4.98 Å². The summed E-state index contributed by atoms with van der Waals surface area (Å²) in [7, 11) is 0. The molecule has 0 atom stereocenters. The largest absolute Gasteiger partial charge is 0.419 e. The Balaban J connectivity index is 2.80. The first-order valence-corrected chi connectivity index (χ1v) is 6.02. The molecule has 0 spiro atoms. The van der Waals surface area contributed by atoms with Gasteiger partial charge in [0, 0.05) is 6.20 Å². The van der Waals surface area contributed by atoms with Gasteiger partial charge in [-0.05, 0) is 18.1 Å². The van der Waals surface area contributed by atoms with E-state index in [0.29, 0.717) is 11.4 Å².